The molecule has 0 unspecified atom stereocenters. The van der Waals surface area contributed by atoms with Crippen LogP contribution in [0.5, 0.6) is 0 Å². The SMILES string of the molecule is C=N/C=C(\C=C/C)N(C)C(=O)c1cc2nc(-c3c(NCCc4c(F)c(F)cc(F)c4F)cc[nH]c3=O)[nH]c2cc1C=O. The molecule has 1 amide bonds. The fourth-order valence-corrected chi connectivity index (χ4v) is 4.30. The number of likely N-dealkylation sites (N-methyl/N-ethyl adjacent to an activating group) is 1. The third-order valence-corrected chi connectivity index (χ3v) is 6.35. The number of aldehydes is 1. The molecule has 0 aliphatic carbocycles. The monoisotopic (exact) mass is 580 g/mol. The molecule has 216 valence electrons. The Kier molecular flexibility index (Phi) is 8.79. The number of fused-ring (bicyclic) bond motifs is 1. The molecule has 13 heteroatoms. The van der Waals surface area contributed by atoms with Gasteiger partial charge in [0.1, 0.15) is 11.4 Å². The van der Waals surface area contributed by atoms with Crippen LogP contribution in [0.3, 0.4) is 0 Å². The number of carbonyl (C=O) groups is 2. The van der Waals surface area contributed by atoms with Gasteiger partial charge >= 0.3 is 0 Å². The van der Waals surface area contributed by atoms with Crippen molar-refractivity contribution in [1.29, 1.82) is 0 Å². The van der Waals surface area contributed by atoms with E-state index in [1.807, 2.05) is 0 Å². The Morgan fingerprint density at radius 1 is 1.17 bits per heavy atom. The molecule has 4 aromatic rings. The fourth-order valence-electron chi connectivity index (χ4n) is 4.30. The summed E-state index contributed by atoms with van der Waals surface area (Å²) in [5.74, 6) is -6.51. The van der Waals surface area contributed by atoms with Crippen LogP contribution in [0, 0.1) is 23.3 Å². The molecule has 0 aliphatic rings. The number of aromatic nitrogens is 3. The molecular weight excluding hydrogens is 556 g/mol. The Morgan fingerprint density at radius 2 is 1.88 bits per heavy atom. The fraction of sp³-hybridized carbons (Fsp3) is 0.138. The number of amides is 1. The molecule has 0 atom stereocenters. The van der Waals surface area contributed by atoms with Crippen LogP contribution in [-0.2, 0) is 6.42 Å². The number of hydrogen-bond donors (Lipinski definition) is 3. The van der Waals surface area contributed by atoms with Crippen molar-refractivity contribution in [3.05, 3.63) is 105 Å². The van der Waals surface area contributed by atoms with Crippen LogP contribution in [0.2, 0.25) is 0 Å². The van der Waals surface area contributed by atoms with Gasteiger partial charge in [-0.05, 0) is 44.3 Å². The smallest absolute Gasteiger partial charge is 0.261 e. The molecule has 0 aliphatic heterocycles. The summed E-state index contributed by atoms with van der Waals surface area (Å²) in [7, 11) is 1.51. The van der Waals surface area contributed by atoms with E-state index in [9.17, 15) is 31.9 Å². The van der Waals surface area contributed by atoms with Crippen LogP contribution in [0.25, 0.3) is 22.4 Å². The zero-order valence-electron chi connectivity index (χ0n) is 22.4. The number of nitrogens with zero attached hydrogens (tertiary/aromatic N) is 3. The predicted molar refractivity (Wildman–Crippen MR) is 151 cm³/mol. The second-order valence-corrected chi connectivity index (χ2v) is 8.98. The van der Waals surface area contributed by atoms with E-state index in [0.29, 0.717) is 17.5 Å². The first-order chi connectivity index (χ1) is 20.1. The molecule has 42 heavy (non-hydrogen) atoms. The van der Waals surface area contributed by atoms with Crippen molar-refractivity contribution >= 4 is 35.6 Å². The summed E-state index contributed by atoms with van der Waals surface area (Å²) >= 11 is 0. The minimum absolute atomic E-state index is 0.00748. The van der Waals surface area contributed by atoms with Gasteiger partial charge in [-0.15, -0.1) is 0 Å². The highest BCUT2D eigenvalue weighted by molar-refractivity contribution is 6.05. The molecule has 0 saturated carbocycles. The van der Waals surface area contributed by atoms with Gasteiger partial charge in [0.25, 0.3) is 11.5 Å². The number of hydrogen-bond acceptors (Lipinski definition) is 6. The summed E-state index contributed by atoms with van der Waals surface area (Å²) in [4.78, 5) is 52.9. The van der Waals surface area contributed by atoms with Crippen LogP contribution >= 0.6 is 0 Å². The van der Waals surface area contributed by atoms with E-state index in [4.69, 9.17) is 0 Å². The van der Waals surface area contributed by atoms with Crippen LogP contribution in [0.1, 0.15) is 33.2 Å². The second kappa shape index (κ2) is 12.5. The Hall–Kier alpha value is -5.33. The van der Waals surface area contributed by atoms with Gasteiger partial charge in [-0.3, -0.25) is 19.4 Å². The van der Waals surface area contributed by atoms with Crippen molar-refractivity contribution in [1.82, 2.24) is 19.9 Å². The number of H-pyrrole nitrogens is 2. The number of anilines is 1. The number of carbonyl (C=O) groups excluding carboxylic acids is 2. The largest absolute Gasteiger partial charge is 0.384 e. The molecule has 2 heterocycles. The number of benzene rings is 2. The van der Waals surface area contributed by atoms with Gasteiger partial charge in [0.2, 0.25) is 0 Å². The van der Waals surface area contributed by atoms with E-state index >= 15 is 0 Å². The van der Waals surface area contributed by atoms with Gasteiger partial charge in [0, 0.05) is 43.2 Å². The first-order valence-corrected chi connectivity index (χ1v) is 12.4. The lowest BCUT2D eigenvalue weighted by Gasteiger charge is -2.18. The lowest BCUT2D eigenvalue weighted by Crippen LogP contribution is -2.26. The lowest BCUT2D eigenvalue weighted by atomic mass is 10.1. The normalized spacial score (nSPS) is 11.7. The first-order valence-electron chi connectivity index (χ1n) is 12.4. The Labute approximate surface area is 236 Å². The lowest BCUT2D eigenvalue weighted by molar-refractivity contribution is 0.0836. The number of pyridine rings is 1. The van der Waals surface area contributed by atoms with Crippen LogP contribution in [0.4, 0.5) is 23.2 Å². The number of halogens is 4. The van der Waals surface area contributed by atoms with E-state index in [2.05, 4.69) is 32.0 Å². The number of imidazole rings is 1. The van der Waals surface area contributed by atoms with Crippen molar-refractivity contribution in [2.24, 2.45) is 4.99 Å². The summed E-state index contributed by atoms with van der Waals surface area (Å²) in [5, 5.41) is 2.84. The second-order valence-electron chi connectivity index (χ2n) is 8.98. The van der Waals surface area contributed by atoms with Gasteiger partial charge in [-0.1, -0.05) is 6.08 Å². The standard InChI is InChI=1S/C29H24F4N6O3/c1-4-5-16(13-34-2)39(3)29(42)18-11-23-22(10-15(18)14-40)37-27(38-23)24-21(7-9-36-28(24)41)35-8-6-17-25(32)19(30)12-20(31)26(17)33/h4-5,7,9-14H,2,6,8H2,1,3H3,(H,37,38)(H2,35,36,41)/b5-4-,16-13+. The van der Waals surface area contributed by atoms with Crippen molar-refractivity contribution < 1.29 is 27.2 Å². The number of nitrogens with one attached hydrogen (secondary N) is 3. The predicted octanol–water partition coefficient (Wildman–Crippen LogP) is 5.13. The zero-order valence-corrected chi connectivity index (χ0v) is 22.4. The number of allylic oxidation sites excluding steroid dienone is 2. The third kappa shape index (κ3) is 5.75. The summed E-state index contributed by atoms with van der Waals surface area (Å²) < 4.78 is 55.3. The average Bonchev–Trinajstić information content (AvgIpc) is 3.38. The summed E-state index contributed by atoms with van der Waals surface area (Å²) in [5.41, 5.74) is -0.0290. The molecule has 0 fully saturated rings. The average molecular weight is 581 g/mol. The maximum Gasteiger partial charge on any atom is 0.261 e. The third-order valence-electron chi connectivity index (χ3n) is 6.35. The highest BCUT2D eigenvalue weighted by Gasteiger charge is 2.22. The Bertz CT molecular complexity index is 1800. The van der Waals surface area contributed by atoms with E-state index in [1.54, 1.807) is 19.1 Å². The van der Waals surface area contributed by atoms with Crippen LogP contribution < -0.4 is 10.9 Å². The number of aromatic amines is 2. The molecule has 3 N–H and O–H groups in total. The van der Waals surface area contributed by atoms with Crippen molar-refractivity contribution in [3.63, 3.8) is 0 Å². The molecule has 9 nitrogen and oxygen atoms in total. The highest BCUT2D eigenvalue weighted by atomic mass is 19.2. The van der Waals surface area contributed by atoms with Crippen molar-refractivity contribution in [2.45, 2.75) is 13.3 Å². The Morgan fingerprint density at radius 3 is 2.52 bits per heavy atom. The van der Waals surface area contributed by atoms with Gasteiger partial charge in [0.05, 0.1) is 28.0 Å². The van der Waals surface area contributed by atoms with Crippen LogP contribution in [-0.4, -0.2) is 52.4 Å². The molecule has 0 saturated heterocycles. The Balaban J connectivity index is 1.69. The minimum atomic E-state index is -1.52. The van der Waals surface area contributed by atoms with Gasteiger partial charge in [-0.2, -0.15) is 0 Å². The molecule has 0 radical (unpaired) electrons. The first kappa shape index (κ1) is 29.6. The van der Waals surface area contributed by atoms with Gasteiger partial charge in [-0.25, -0.2) is 22.5 Å². The molecule has 2 aromatic heterocycles. The molecule has 0 bridgehead atoms. The van der Waals surface area contributed by atoms with Crippen molar-refractivity contribution in [3.8, 4) is 11.4 Å². The summed E-state index contributed by atoms with van der Waals surface area (Å²) in [6.45, 7) is 4.96. The van der Waals surface area contributed by atoms with Crippen molar-refractivity contribution in [2.75, 3.05) is 18.9 Å². The topological polar surface area (TPSA) is 123 Å². The number of rotatable bonds is 10. The summed E-state index contributed by atoms with van der Waals surface area (Å²) in [6, 6.07) is 4.41. The van der Waals surface area contributed by atoms with Gasteiger partial charge in [0.15, 0.2) is 29.6 Å². The van der Waals surface area contributed by atoms with E-state index < -0.39 is 46.7 Å². The molecular formula is C29H24F4N6O3. The van der Waals surface area contributed by atoms with E-state index in [-0.39, 0.29) is 46.3 Å². The van der Waals surface area contributed by atoms with E-state index in [0.717, 1.165) is 0 Å². The minimum Gasteiger partial charge on any atom is -0.384 e. The molecule has 0 spiro atoms. The zero-order chi connectivity index (χ0) is 30.6. The molecule has 4 rings (SSSR count). The van der Waals surface area contributed by atoms with Gasteiger partial charge < -0.3 is 20.2 Å². The molecule has 2 aromatic carbocycles. The maximum absolute atomic E-state index is 14.1. The van der Waals surface area contributed by atoms with E-state index in [1.165, 1.54) is 42.5 Å². The highest BCUT2D eigenvalue weighted by Crippen LogP contribution is 2.27. The summed E-state index contributed by atoms with van der Waals surface area (Å²) in [6.07, 6.45) is 6.13. The maximum atomic E-state index is 14.1. The quantitative estimate of drug-likeness (QED) is 0.0789. The van der Waals surface area contributed by atoms with Crippen LogP contribution in [0.15, 0.2) is 64.3 Å². The number of aliphatic imine (C=N–C) groups is 1.